The van der Waals surface area contributed by atoms with Crippen molar-refractivity contribution in [3.63, 3.8) is 0 Å². The number of hydrogen-bond acceptors (Lipinski definition) is 4. The molecular weight excluding hydrogens is 316 g/mol. The summed E-state index contributed by atoms with van der Waals surface area (Å²) in [6, 6.07) is 0. The fraction of sp³-hybridized carbons (Fsp3) is 1.00. The van der Waals surface area contributed by atoms with Crippen molar-refractivity contribution in [2.75, 3.05) is 39.6 Å². The third-order valence-corrected chi connectivity index (χ3v) is 2.23. The van der Waals surface area contributed by atoms with Gasteiger partial charge in [0, 0.05) is 13.2 Å². The van der Waals surface area contributed by atoms with Crippen molar-refractivity contribution in [1.29, 1.82) is 0 Å². The zero-order valence-corrected chi connectivity index (χ0v) is 19.3. The van der Waals surface area contributed by atoms with Gasteiger partial charge < -0.3 is 19.3 Å². The van der Waals surface area contributed by atoms with Gasteiger partial charge in [-0.05, 0) is 12.8 Å². The molecule has 1 aliphatic heterocycles. The Bertz CT molecular complexity index is 134. The van der Waals surface area contributed by atoms with Crippen LogP contribution >= 0.6 is 0 Å². The van der Waals surface area contributed by atoms with E-state index in [1.165, 1.54) is 12.8 Å². The van der Waals surface area contributed by atoms with Gasteiger partial charge in [-0.3, -0.25) is 0 Å². The number of unbranched alkanes of at least 4 members (excludes halogenated alkanes) is 2. The Hall–Kier alpha value is -0.160. The van der Waals surface area contributed by atoms with Crippen LogP contribution in [-0.4, -0.2) is 50.9 Å². The summed E-state index contributed by atoms with van der Waals surface area (Å²) in [5.41, 5.74) is 0. The summed E-state index contributed by atoms with van der Waals surface area (Å²) in [6.45, 7) is 24.3. The van der Waals surface area contributed by atoms with Crippen molar-refractivity contribution in [2.24, 2.45) is 0 Å². The lowest BCUT2D eigenvalue weighted by atomic mass is 10.4. The number of aliphatic hydroxyl groups excluding tert-OH is 1. The first kappa shape index (κ1) is 35.9. The Morgan fingerprint density at radius 3 is 1.48 bits per heavy atom. The third-order valence-electron chi connectivity index (χ3n) is 2.23. The van der Waals surface area contributed by atoms with Gasteiger partial charge >= 0.3 is 0 Å². The van der Waals surface area contributed by atoms with Crippen LogP contribution in [0.2, 0.25) is 0 Å². The molecule has 0 aliphatic carbocycles. The zero-order chi connectivity index (χ0) is 20.8. The Kier molecular flexibility index (Phi) is 71.1. The van der Waals surface area contributed by atoms with Crippen molar-refractivity contribution in [1.82, 2.24) is 0 Å². The minimum atomic E-state index is 0.143. The van der Waals surface area contributed by atoms with Crippen molar-refractivity contribution in [3.05, 3.63) is 0 Å². The molecule has 25 heavy (non-hydrogen) atoms. The van der Waals surface area contributed by atoms with Crippen LogP contribution < -0.4 is 0 Å². The van der Waals surface area contributed by atoms with Crippen molar-refractivity contribution in [2.45, 2.75) is 101 Å². The largest absolute Gasteiger partial charge is 0.394 e. The number of hydrogen-bond donors (Lipinski definition) is 1. The second-order valence-electron chi connectivity index (χ2n) is 4.07. The van der Waals surface area contributed by atoms with E-state index in [9.17, 15) is 0 Å². The first-order valence-electron chi connectivity index (χ1n) is 10.7. The van der Waals surface area contributed by atoms with Crippen LogP contribution in [0.3, 0.4) is 0 Å². The van der Waals surface area contributed by atoms with E-state index in [4.69, 9.17) is 19.3 Å². The van der Waals surface area contributed by atoms with E-state index in [0.29, 0.717) is 12.7 Å². The summed E-state index contributed by atoms with van der Waals surface area (Å²) < 4.78 is 15.2. The highest BCUT2D eigenvalue weighted by molar-refractivity contribution is 4.66. The van der Waals surface area contributed by atoms with Gasteiger partial charge in [0.2, 0.25) is 0 Å². The molecule has 1 atom stereocenters. The first-order chi connectivity index (χ1) is 12.3. The predicted molar refractivity (Wildman–Crippen MR) is 114 cm³/mol. The van der Waals surface area contributed by atoms with Crippen LogP contribution in [-0.2, 0) is 14.2 Å². The smallest absolute Gasteiger partial charge is 0.104 e. The molecule has 4 heteroatoms. The zero-order valence-electron chi connectivity index (χ0n) is 19.3. The van der Waals surface area contributed by atoms with Crippen LogP contribution in [0.5, 0.6) is 0 Å². The maximum atomic E-state index is 8.24. The van der Waals surface area contributed by atoms with Gasteiger partial charge in [-0.25, -0.2) is 0 Å². The molecule has 1 heterocycles. The molecule has 160 valence electrons. The van der Waals surface area contributed by atoms with Crippen molar-refractivity contribution in [3.8, 4) is 0 Å². The molecule has 0 aromatic heterocycles. The highest BCUT2D eigenvalue weighted by Gasteiger charge is 2.21. The lowest BCUT2D eigenvalue weighted by Crippen LogP contribution is -2.01. The fourth-order valence-corrected chi connectivity index (χ4v) is 1.04. The fourth-order valence-electron chi connectivity index (χ4n) is 1.04. The van der Waals surface area contributed by atoms with Crippen molar-refractivity contribution < 1.29 is 19.3 Å². The molecule has 1 aliphatic rings. The van der Waals surface area contributed by atoms with Crippen LogP contribution in [0.15, 0.2) is 0 Å². The highest BCUT2D eigenvalue weighted by atomic mass is 16.6. The van der Waals surface area contributed by atoms with Gasteiger partial charge in [-0.2, -0.15) is 0 Å². The van der Waals surface area contributed by atoms with Crippen LogP contribution in [0.4, 0.5) is 0 Å². The standard InChI is InChI=1S/C7H14O2.C6H14O2.4C2H6/c1-2-3-4-8-5-7-6-9-7;1-2-3-5-8-6-4-7;4*1-2/h7H,2-6H2,1H3;7H,2-6H2,1H3;4*1-2H3. The Morgan fingerprint density at radius 1 is 0.760 bits per heavy atom. The van der Waals surface area contributed by atoms with Gasteiger partial charge in [-0.15, -0.1) is 0 Å². The second kappa shape index (κ2) is 49.6. The van der Waals surface area contributed by atoms with Gasteiger partial charge in [0.1, 0.15) is 6.10 Å². The third kappa shape index (κ3) is 59.4. The van der Waals surface area contributed by atoms with Crippen molar-refractivity contribution >= 4 is 0 Å². The van der Waals surface area contributed by atoms with E-state index < -0.39 is 0 Å². The summed E-state index contributed by atoms with van der Waals surface area (Å²) in [5, 5.41) is 8.24. The van der Waals surface area contributed by atoms with E-state index in [0.717, 1.165) is 39.3 Å². The Morgan fingerprint density at radius 2 is 1.16 bits per heavy atom. The number of ether oxygens (including phenoxy) is 3. The van der Waals surface area contributed by atoms with E-state index >= 15 is 0 Å². The molecular formula is C21H52O4. The monoisotopic (exact) mass is 368 g/mol. The van der Waals surface area contributed by atoms with Crippen LogP contribution in [0, 0.1) is 0 Å². The van der Waals surface area contributed by atoms with Gasteiger partial charge in [0.15, 0.2) is 0 Å². The van der Waals surface area contributed by atoms with Crippen LogP contribution in [0.1, 0.15) is 94.9 Å². The molecule has 1 unspecified atom stereocenters. The molecule has 0 aromatic rings. The lowest BCUT2D eigenvalue weighted by molar-refractivity contribution is 0.0904. The van der Waals surface area contributed by atoms with Gasteiger partial charge in [0.25, 0.3) is 0 Å². The quantitative estimate of drug-likeness (QED) is 0.374. The molecule has 1 fully saturated rings. The minimum absolute atomic E-state index is 0.143. The maximum Gasteiger partial charge on any atom is 0.104 e. The van der Waals surface area contributed by atoms with Crippen LogP contribution in [0.25, 0.3) is 0 Å². The molecule has 0 spiro atoms. The number of aliphatic hydroxyl groups is 1. The summed E-state index contributed by atoms with van der Waals surface area (Å²) >= 11 is 0. The average molecular weight is 369 g/mol. The van der Waals surface area contributed by atoms with Gasteiger partial charge in [0.05, 0.1) is 26.4 Å². The van der Waals surface area contributed by atoms with E-state index in [-0.39, 0.29) is 6.61 Å². The molecule has 4 nitrogen and oxygen atoms in total. The molecule has 0 amide bonds. The first-order valence-corrected chi connectivity index (χ1v) is 10.7. The van der Waals surface area contributed by atoms with E-state index in [1.54, 1.807) is 0 Å². The topological polar surface area (TPSA) is 51.2 Å². The summed E-state index contributed by atoms with van der Waals surface area (Å²) in [4.78, 5) is 0. The highest BCUT2D eigenvalue weighted by Crippen LogP contribution is 2.08. The molecule has 0 radical (unpaired) electrons. The molecule has 1 saturated heterocycles. The number of epoxide rings is 1. The molecule has 1 rings (SSSR count). The summed E-state index contributed by atoms with van der Waals surface area (Å²) in [5.74, 6) is 0. The SMILES string of the molecule is CC.CC.CC.CC.CCCCOCC1CO1.CCCCOCCO. The second-order valence-corrected chi connectivity index (χ2v) is 4.07. The Balaban J connectivity index is -0.0000000765. The van der Waals surface area contributed by atoms with E-state index in [1.807, 2.05) is 55.4 Å². The normalized spacial score (nSPS) is 12.8. The predicted octanol–water partition coefficient (Wildman–Crippen LogP) is 6.10. The average Bonchev–Trinajstić information content (AvgIpc) is 3.54. The Labute approximate surface area is 160 Å². The maximum absolute atomic E-state index is 8.24. The minimum Gasteiger partial charge on any atom is -0.394 e. The molecule has 1 N–H and O–H groups in total. The molecule has 0 bridgehead atoms. The molecule has 0 saturated carbocycles. The summed E-state index contributed by atoms with van der Waals surface area (Å²) in [6.07, 6.45) is 5.07. The van der Waals surface area contributed by atoms with E-state index in [2.05, 4.69) is 13.8 Å². The molecule has 0 aromatic carbocycles. The lowest BCUT2D eigenvalue weighted by Gasteiger charge is -1.97. The number of rotatable bonds is 10. The summed E-state index contributed by atoms with van der Waals surface area (Å²) in [7, 11) is 0. The van der Waals surface area contributed by atoms with Gasteiger partial charge in [-0.1, -0.05) is 82.1 Å².